The van der Waals surface area contributed by atoms with Crippen molar-refractivity contribution in [1.82, 2.24) is 0 Å². The molecule has 0 aromatic heterocycles. The second-order valence-electron chi connectivity index (χ2n) is 10.7. The van der Waals surface area contributed by atoms with Gasteiger partial charge in [-0.25, -0.2) is 0 Å². The molecular weight excluding hydrogens is 584 g/mol. The smallest absolute Gasteiger partial charge is 0.193 e. The Morgan fingerprint density at radius 2 is 0.630 bits per heavy atom. The van der Waals surface area contributed by atoms with E-state index < -0.39 is 0 Å². The minimum atomic E-state index is -0.381. The van der Waals surface area contributed by atoms with Gasteiger partial charge in [0.15, 0.2) is 34.6 Å². The molecule has 0 heterocycles. The fourth-order valence-corrected chi connectivity index (χ4v) is 5.18. The summed E-state index contributed by atoms with van der Waals surface area (Å²) in [6, 6.07) is 31.3. The van der Waals surface area contributed by atoms with Crippen molar-refractivity contribution in [2.24, 2.45) is 0 Å². The highest BCUT2D eigenvalue weighted by atomic mass is 16.3. The van der Waals surface area contributed by atoms with Crippen LogP contribution in [-0.2, 0) is 0 Å². The molecule has 0 radical (unpaired) electrons. The number of aromatic hydroxyl groups is 6. The molecule has 226 valence electrons. The largest absolute Gasteiger partial charge is 0.507 e. The van der Waals surface area contributed by atoms with Gasteiger partial charge in [-0.05, 0) is 70.8 Å². The highest BCUT2D eigenvalue weighted by Gasteiger charge is 2.15. The van der Waals surface area contributed by atoms with E-state index in [1.54, 1.807) is 72.8 Å². The number of hydrogen-bond acceptors (Lipinski definition) is 8. The highest BCUT2D eigenvalue weighted by Crippen LogP contribution is 2.38. The average molecular weight is 611 g/mol. The predicted octanol–water partition coefficient (Wildman–Crippen LogP) is 7.38. The molecule has 0 spiro atoms. The zero-order chi connectivity index (χ0) is 32.5. The standard InChI is InChI=1S/C38H26O8/c39-31-15-11-27(19-35(31)43)37(45)23-5-1-21(2-6-23)29-13-9-25(17-33(29)41)26-10-14-30(34(42)18-26)22-3-7-24(8-4-22)38(46)28-12-16-32(40)36(44)20-28/h1-20,39-44H. The Balaban J connectivity index is 1.18. The molecule has 6 N–H and O–H groups in total. The molecule has 0 bridgehead atoms. The quantitative estimate of drug-likeness (QED) is 0.0808. The van der Waals surface area contributed by atoms with Crippen LogP contribution in [-0.4, -0.2) is 42.2 Å². The first-order chi connectivity index (χ1) is 22.1. The van der Waals surface area contributed by atoms with Crippen molar-refractivity contribution in [2.45, 2.75) is 0 Å². The van der Waals surface area contributed by atoms with E-state index in [9.17, 15) is 40.2 Å². The van der Waals surface area contributed by atoms with Crippen LogP contribution in [0.1, 0.15) is 31.8 Å². The van der Waals surface area contributed by atoms with Gasteiger partial charge in [0.25, 0.3) is 0 Å². The van der Waals surface area contributed by atoms with Crippen LogP contribution >= 0.6 is 0 Å². The summed E-state index contributed by atoms with van der Waals surface area (Å²) in [5.41, 5.74) is 4.98. The number of phenols is 6. The molecule has 6 aromatic rings. The van der Waals surface area contributed by atoms with Gasteiger partial charge < -0.3 is 30.6 Å². The first-order valence-corrected chi connectivity index (χ1v) is 14.1. The Hall–Kier alpha value is -6.54. The van der Waals surface area contributed by atoms with Crippen LogP contribution in [0.25, 0.3) is 33.4 Å². The normalized spacial score (nSPS) is 10.9. The lowest BCUT2D eigenvalue weighted by Crippen LogP contribution is -2.00. The summed E-state index contributed by atoms with van der Waals surface area (Å²) in [6.45, 7) is 0. The third-order valence-corrected chi connectivity index (χ3v) is 7.72. The second-order valence-corrected chi connectivity index (χ2v) is 10.7. The Morgan fingerprint density at radius 3 is 0.957 bits per heavy atom. The minimum absolute atomic E-state index is 0.00537. The number of carbonyl (C=O) groups is 2. The van der Waals surface area contributed by atoms with Gasteiger partial charge in [0, 0.05) is 33.4 Å². The molecule has 8 nitrogen and oxygen atoms in total. The number of rotatable bonds is 7. The van der Waals surface area contributed by atoms with Crippen molar-refractivity contribution in [3.63, 3.8) is 0 Å². The average Bonchev–Trinajstić information content (AvgIpc) is 3.07. The number of phenolic OH excluding ortho intramolecular Hbond substituents is 6. The van der Waals surface area contributed by atoms with Crippen molar-refractivity contribution in [2.75, 3.05) is 0 Å². The molecule has 0 aliphatic heterocycles. The third-order valence-electron chi connectivity index (χ3n) is 7.72. The molecule has 0 atom stereocenters. The SMILES string of the molecule is O=C(c1ccc(-c2ccc(-c3ccc(-c4ccc(C(=O)c5ccc(O)c(O)c5)cc4)c(O)c3)cc2O)cc1)c1ccc(O)c(O)c1. The van der Waals surface area contributed by atoms with E-state index in [1.165, 1.54) is 36.4 Å². The second kappa shape index (κ2) is 11.9. The fourth-order valence-electron chi connectivity index (χ4n) is 5.18. The van der Waals surface area contributed by atoms with E-state index in [4.69, 9.17) is 0 Å². The van der Waals surface area contributed by atoms with Gasteiger partial charge in [0.1, 0.15) is 11.5 Å². The van der Waals surface area contributed by atoms with Crippen molar-refractivity contribution in [3.05, 3.63) is 144 Å². The summed E-state index contributed by atoms with van der Waals surface area (Å²) in [6.07, 6.45) is 0. The van der Waals surface area contributed by atoms with E-state index in [1.807, 2.05) is 12.1 Å². The summed E-state index contributed by atoms with van der Waals surface area (Å²) in [7, 11) is 0. The van der Waals surface area contributed by atoms with Crippen LogP contribution in [0.2, 0.25) is 0 Å². The van der Waals surface area contributed by atoms with E-state index >= 15 is 0 Å². The Bertz CT molecular complexity index is 1980. The fraction of sp³-hybridized carbons (Fsp3) is 0. The molecule has 6 aromatic carbocycles. The minimum Gasteiger partial charge on any atom is -0.507 e. The van der Waals surface area contributed by atoms with Crippen LogP contribution in [0.4, 0.5) is 0 Å². The van der Waals surface area contributed by atoms with Crippen molar-refractivity contribution < 1.29 is 40.2 Å². The summed E-state index contributed by atoms with van der Waals surface area (Å²) < 4.78 is 0. The molecule has 0 aliphatic carbocycles. The molecule has 0 fully saturated rings. The molecule has 0 unspecified atom stereocenters. The third kappa shape index (κ3) is 5.70. The maximum absolute atomic E-state index is 12.8. The molecule has 8 heteroatoms. The van der Waals surface area contributed by atoms with Crippen molar-refractivity contribution >= 4 is 11.6 Å². The van der Waals surface area contributed by atoms with Gasteiger partial charge in [-0.2, -0.15) is 0 Å². The summed E-state index contributed by atoms with van der Waals surface area (Å²) >= 11 is 0. The highest BCUT2D eigenvalue weighted by molar-refractivity contribution is 6.10. The van der Waals surface area contributed by atoms with Crippen molar-refractivity contribution in [1.29, 1.82) is 0 Å². The molecule has 6 rings (SSSR count). The van der Waals surface area contributed by atoms with Crippen LogP contribution < -0.4 is 0 Å². The van der Waals surface area contributed by atoms with Crippen LogP contribution in [0, 0.1) is 0 Å². The van der Waals surface area contributed by atoms with Gasteiger partial charge >= 0.3 is 0 Å². The van der Waals surface area contributed by atoms with E-state index in [-0.39, 0.29) is 57.2 Å². The molecular formula is C38H26O8. The van der Waals surface area contributed by atoms with Crippen LogP contribution in [0.3, 0.4) is 0 Å². The number of benzene rings is 6. The topological polar surface area (TPSA) is 156 Å². The molecule has 0 saturated heterocycles. The number of carbonyl (C=O) groups excluding carboxylic acids is 2. The van der Waals surface area contributed by atoms with Gasteiger partial charge in [0.2, 0.25) is 0 Å². The van der Waals surface area contributed by atoms with E-state index in [0.717, 1.165) is 0 Å². The summed E-state index contributed by atoms with van der Waals surface area (Å²) in [5, 5.41) is 60.2. The number of ketones is 2. The molecule has 0 saturated carbocycles. The lowest BCUT2D eigenvalue weighted by atomic mass is 9.95. The summed E-state index contributed by atoms with van der Waals surface area (Å²) in [4.78, 5) is 25.6. The Kier molecular flexibility index (Phi) is 7.61. The van der Waals surface area contributed by atoms with E-state index in [0.29, 0.717) is 44.5 Å². The van der Waals surface area contributed by atoms with E-state index in [2.05, 4.69) is 0 Å². The molecule has 0 aliphatic rings. The number of hydrogen-bond donors (Lipinski definition) is 6. The Labute approximate surface area is 263 Å². The zero-order valence-corrected chi connectivity index (χ0v) is 24.0. The first kappa shape index (κ1) is 29.5. The monoisotopic (exact) mass is 610 g/mol. The first-order valence-electron chi connectivity index (χ1n) is 14.1. The molecule has 0 amide bonds. The maximum atomic E-state index is 12.8. The van der Waals surface area contributed by atoms with Crippen LogP contribution in [0.5, 0.6) is 34.5 Å². The van der Waals surface area contributed by atoms with Gasteiger partial charge in [0.05, 0.1) is 0 Å². The Morgan fingerprint density at radius 1 is 0.304 bits per heavy atom. The maximum Gasteiger partial charge on any atom is 0.193 e. The van der Waals surface area contributed by atoms with Gasteiger partial charge in [-0.3, -0.25) is 9.59 Å². The van der Waals surface area contributed by atoms with Crippen molar-refractivity contribution in [3.8, 4) is 67.9 Å². The van der Waals surface area contributed by atoms with Gasteiger partial charge in [-0.1, -0.05) is 72.8 Å². The lowest BCUT2D eigenvalue weighted by Gasteiger charge is -2.11. The predicted molar refractivity (Wildman–Crippen MR) is 172 cm³/mol. The zero-order valence-electron chi connectivity index (χ0n) is 24.0. The van der Waals surface area contributed by atoms with Crippen LogP contribution in [0.15, 0.2) is 121 Å². The van der Waals surface area contributed by atoms with Gasteiger partial charge in [-0.15, -0.1) is 0 Å². The molecule has 46 heavy (non-hydrogen) atoms. The summed E-state index contributed by atoms with van der Waals surface area (Å²) in [5.74, 6) is -2.03. The lowest BCUT2D eigenvalue weighted by molar-refractivity contribution is 0.103.